The quantitative estimate of drug-likeness (QED) is 0.836. The van der Waals surface area contributed by atoms with Crippen LogP contribution in [0.2, 0.25) is 0 Å². The van der Waals surface area contributed by atoms with E-state index < -0.39 is 5.82 Å². The highest BCUT2D eigenvalue weighted by atomic mass is 19.1. The zero-order valence-corrected chi connectivity index (χ0v) is 11.1. The highest BCUT2D eigenvalue weighted by Gasteiger charge is 2.03. The molecule has 2 rings (SSSR count). The smallest absolute Gasteiger partial charge is 0.140 e. The third kappa shape index (κ3) is 3.56. The highest BCUT2D eigenvalue weighted by molar-refractivity contribution is 5.34. The van der Waals surface area contributed by atoms with Crippen molar-refractivity contribution in [1.29, 1.82) is 5.26 Å². The van der Waals surface area contributed by atoms with E-state index in [1.165, 1.54) is 12.1 Å². The lowest BCUT2D eigenvalue weighted by Gasteiger charge is -2.06. The minimum absolute atomic E-state index is 0.0375. The highest BCUT2D eigenvalue weighted by Crippen LogP contribution is 2.14. The normalized spacial score (nSPS) is 10.1. The molecule has 0 N–H and O–H groups in total. The van der Waals surface area contributed by atoms with E-state index in [1.54, 1.807) is 13.2 Å². The molecule has 0 amide bonds. The van der Waals surface area contributed by atoms with Crippen LogP contribution in [0.25, 0.3) is 0 Å². The minimum Gasteiger partial charge on any atom is -0.497 e. The van der Waals surface area contributed by atoms with Gasteiger partial charge in [0.1, 0.15) is 17.6 Å². The molecule has 102 valence electrons. The molecule has 0 atom stereocenters. The SMILES string of the molecule is COc1ccc(COCc2ccc(F)c(C#N)c2)cc1. The topological polar surface area (TPSA) is 42.2 Å². The summed E-state index contributed by atoms with van der Waals surface area (Å²) in [7, 11) is 1.62. The van der Waals surface area contributed by atoms with Gasteiger partial charge in [0, 0.05) is 0 Å². The monoisotopic (exact) mass is 271 g/mol. The molecule has 0 heterocycles. The molecule has 3 nitrogen and oxygen atoms in total. The summed E-state index contributed by atoms with van der Waals surface area (Å²) in [5.74, 6) is 0.289. The van der Waals surface area contributed by atoms with Crippen LogP contribution in [0.3, 0.4) is 0 Å². The van der Waals surface area contributed by atoms with Crippen molar-refractivity contribution in [2.45, 2.75) is 13.2 Å². The summed E-state index contributed by atoms with van der Waals surface area (Å²) in [5, 5.41) is 8.75. The summed E-state index contributed by atoms with van der Waals surface area (Å²) >= 11 is 0. The molecule has 0 saturated heterocycles. The number of methoxy groups -OCH3 is 1. The van der Waals surface area contributed by atoms with Gasteiger partial charge in [0.2, 0.25) is 0 Å². The number of hydrogen-bond acceptors (Lipinski definition) is 3. The molecule has 2 aromatic carbocycles. The molecule has 0 radical (unpaired) electrons. The van der Waals surface area contributed by atoms with Gasteiger partial charge >= 0.3 is 0 Å². The predicted molar refractivity (Wildman–Crippen MR) is 72.6 cm³/mol. The summed E-state index contributed by atoms with van der Waals surface area (Å²) in [5.41, 5.74) is 1.83. The van der Waals surface area contributed by atoms with E-state index in [9.17, 15) is 4.39 Å². The number of ether oxygens (including phenoxy) is 2. The molecular weight excluding hydrogens is 257 g/mol. The maximum atomic E-state index is 13.2. The van der Waals surface area contributed by atoms with Crippen LogP contribution in [-0.2, 0) is 18.0 Å². The lowest BCUT2D eigenvalue weighted by atomic mass is 10.1. The second kappa shape index (κ2) is 6.69. The van der Waals surface area contributed by atoms with Gasteiger partial charge in [-0.15, -0.1) is 0 Å². The van der Waals surface area contributed by atoms with E-state index in [0.29, 0.717) is 13.2 Å². The molecule has 0 fully saturated rings. The Morgan fingerprint density at radius 1 is 1.05 bits per heavy atom. The molecular formula is C16H14FNO2. The minimum atomic E-state index is -0.508. The van der Waals surface area contributed by atoms with Gasteiger partial charge in [-0.1, -0.05) is 18.2 Å². The van der Waals surface area contributed by atoms with Gasteiger partial charge < -0.3 is 9.47 Å². The second-order valence-electron chi connectivity index (χ2n) is 4.27. The van der Waals surface area contributed by atoms with Gasteiger partial charge in [-0.2, -0.15) is 5.26 Å². The number of nitriles is 1. The van der Waals surface area contributed by atoms with Gasteiger partial charge in [-0.25, -0.2) is 4.39 Å². The summed E-state index contributed by atoms with van der Waals surface area (Å²) < 4.78 is 23.8. The number of halogens is 1. The van der Waals surface area contributed by atoms with Crippen molar-refractivity contribution in [3.05, 3.63) is 65.0 Å². The maximum absolute atomic E-state index is 13.2. The van der Waals surface area contributed by atoms with Crippen LogP contribution >= 0.6 is 0 Å². The van der Waals surface area contributed by atoms with Gasteiger partial charge in [-0.3, -0.25) is 0 Å². The van der Waals surface area contributed by atoms with Crippen molar-refractivity contribution in [3.8, 4) is 11.8 Å². The Hall–Kier alpha value is -2.38. The maximum Gasteiger partial charge on any atom is 0.140 e. The molecule has 0 spiro atoms. The first-order chi connectivity index (χ1) is 9.72. The number of hydrogen-bond donors (Lipinski definition) is 0. The molecule has 4 heteroatoms. The molecule has 0 aliphatic rings. The first kappa shape index (κ1) is 14.0. The largest absolute Gasteiger partial charge is 0.497 e. The molecule has 0 saturated carbocycles. The van der Waals surface area contributed by atoms with Crippen molar-refractivity contribution in [2.75, 3.05) is 7.11 Å². The molecule has 0 aliphatic carbocycles. The molecule has 20 heavy (non-hydrogen) atoms. The zero-order chi connectivity index (χ0) is 14.4. The van der Waals surface area contributed by atoms with Crippen molar-refractivity contribution < 1.29 is 13.9 Å². The van der Waals surface area contributed by atoms with Crippen LogP contribution in [-0.4, -0.2) is 7.11 Å². The lowest BCUT2D eigenvalue weighted by molar-refractivity contribution is 0.107. The molecule has 0 aliphatic heterocycles. The third-order valence-corrected chi connectivity index (χ3v) is 2.85. The Labute approximate surface area is 117 Å². The average molecular weight is 271 g/mol. The zero-order valence-electron chi connectivity index (χ0n) is 11.1. The summed E-state index contributed by atoms with van der Waals surface area (Å²) in [4.78, 5) is 0. The Kier molecular flexibility index (Phi) is 4.70. The van der Waals surface area contributed by atoms with E-state index in [1.807, 2.05) is 30.3 Å². The first-order valence-electron chi connectivity index (χ1n) is 6.12. The fourth-order valence-corrected chi connectivity index (χ4v) is 1.76. The summed E-state index contributed by atoms with van der Waals surface area (Å²) in [6.07, 6.45) is 0. The number of nitrogens with zero attached hydrogens (tertiary/aromatic N) is 1. The van der Waals surface area contributed by atoms with Gasteiger partial charge in [0.15, 0.2) is 0 Å². The van der Waals surface area contributed by atoms with Crippen molar-refractivity contribution in [3.63, 3.8) is 0 Å². The molecule has 0 aromatic heterocycles. The van der Waals surface area contributed by atoms with Crippen LogP contribution in [0.4, 0.5) is 4.39 Å². The van der Waals surface area contributed by atoms with E-state index in [4.69, 9.17) is 14.7 Å². The van der Waals surface area contributed by atoms with E-state index in [-0.39, 0.29) is 5.56 Å². The molecule has 2 aromatic rings. The van der Waals surface area contributed by atoms with Gasteiger partial charge in [0.25, 0.3) is 0 Å². The van der Waals surface area contributed by atoms with E-state index in [2.05, 4.69) is 0 Å². The van der Waals surface area contributed by atoms with Crippen LogP contribution < -0.4 is 4.74 Å². The van der Waals surface area contributed by atoms with Crippen LogP contribution in [0.1, 0.15) is 16.7 Å². The van der Waals surface area contributed by atoms with Crippen molar-refractivity contribution in [1.82, 2.24) is 0 Å². The van der Waals surface area contributed by atoms with Gasteiger partial charge in [0.05, 0.1) is 25.9 Å². The summed E-state index contributed by atoms with van der Waals surface area (Å²) in [6.45, 7) is 0.782. The Morgan fingerprint density at radius 3 is 2.35 bits per heavy atom. The van der Waals surface area contributed by atoms with Crippen LogP contribution in [0.5, 0.6) is 5.75 Å². The lowest BCUT2D eigenvalue weighted by Crippen LogP contribution is -1.96. The molecule has 0 bridgehead atoms. The predicted octanol–water partition coefficient (Wildman–Crippen LogP) is 3.42. The van der Waals surface area contributed by atoms with Crippen LogP contribution in [0.15, 0.2) is 42.5 Å². The number of rotatable bonds is 5. The third-order valence-electron chi connectivity index (χ3n) is 2.85. The fraction of sp³-hybridized carbons (Fsp3) is 0.188. The summed E-state index contributed by atoms with van der Waals surface area (Å²) in [6, 6.07) is 13.8. The molecule has 0 unspecified atom stereocenters. The second-order valence-corrected chi connectivity index (χ2v) is 4.27. The standard InChI is InChI=1S/C16H14FNO2/c1-19-15-5-2-12(3-6-15)10-20-11-13-4-7-16(17)14(8-13)9-18/h2-8H,10-11H2,1H3. The van der Waals surface area contributed by atoms with E-state index >= 15 is 0 Å². The van der Waals surface area contributed by atoms with Crippen molar-refractivity contribution >= 4 is 0 Å². The number of benzene rings is 2. The average Bonchev–Trinajstić information content (AvgIpc) is 2.49. The first-order valence-corrected chi connectivity index (χ1v) is 6.12. The van der Waals surface area contributed by atoms with Gasteiger partial charge in [-0.05, 0) is 35.4 Å². The van der Waals surface area contributed by atoms with Crippen LogP contribution in [0, 0.1) is 17.1 Å². The Morgan fingerprint density at radius 2 is 1.70 bits per heavy atom. The Bertz CT molecular complexity index is 617. The fourth-order valence-electron chi connectivity index (χ4n) is 1.76. The Balaban J connectivity index is 1.91. The van der Waals surface area contributed by atoms with Crippen molar-refractivity contribution in [2.24, 2.45) is 0 Å². The van der Waals surface area contributed by atoms with E-state index in [0.717, 1.165) is 16.9 Å².